The summed E-state index contributed by atoms with van der Waals surface area (Å²) in [6.45, 7) is 13.3. The highest BCUT2D eigenvalue weighted by atomic mass is 16.6. The van der Waals surface area contributed by atoms with Crippen LogP contribution in [-0.2, 0) is 19.1 Å². The number of hydrogen-bond acceptors (Lipinski definition) is 4. The van der Waals surface area contributed by atoms with Crippen molar-refractivity contribution in [1.29, 1.82) is 0 Å². The van der Waals surface area contributed by atoms with E-state index in [9.17, 15) is 9.59 Å². The zero-order valence-electron chi connectivity index (χ0n) is 27.0. The summed E-state index contributed by atoms with van der Waals surface area (Å²) in [5, 5.41) is 0. The summed E-state index contributed by atoms with van der Waals surface area (Å²) in [6.07, 6.45) is 21.0. The molecule has 0 spiro atoms. The standard InChI is InChI=1S/C19H32O2.C17H30O2/c1-4-13-9-15(5-2)17(11-13)18(20)21-19(6-3)12-14-7-8-16(19)10-14;1-4-13-11-14(5-2)15(12-13)16(18)19-17(6-3)9-7-8-10-17/h13-17H,4-12H2,1-3H3;13-15H,4-12H2,1-3H3. The number of carbonyl (C=O) groups excluding carboxylic acids is 2. The lowest BCUT2D eigenvalue weighted by molar-refractivity contribution is -0.173. The topological polar surface area (TPSA) is 52.6 Å². The van der Waals surface area contributed by atoms with Crippen molar-refractivity contribution in [3.63, 3.8) is 0 Å². The Morgan fingerprint density at radius 2 is 1.20 bits per heavy atom. The van der Waals surface area contributed by atoms with Crippen LogP contribution in [-0.4, -0.2) is 23.1 Å². The Hall–Kier alpha value is -1.06. The smallest absolute Gasteiger partial charge is 0.309 e. The van der Waals surface area contributed by atoms with E-state index in [0.717, 1.165) is 75.5 Å². The van der Waals surface area contributed by atoms with Gasteiger partial charge in [-0.2, -0.15) is 0 Å². The molecule has 2 bridgehead atoms. The van der Waals surface area contributed by atoms with Gasteiger partial charge in [-0.1, -0.05) is 67.2 Å². The summed E-state index contributed by atoms with van der Waals surface area (Å²) < 4.78 is 12.3. The molecule has 0 aromatic rings. The fraction of sp³-hybridized carbons (Fsp3) is 0.944. The van der Waals surface area contributed by atoms with E-state index in [4.69, 9.17) is 9.47 Å². The van der Waals surface area contributed by atoms with E-state index >= 15 is 0 Å². The molecule has 0 aromatic heterocycles. The van der Waals surface area contributed by atoms with E-state index in [2.05, 4.69) is 41.5 Å². The number of esters is 2. The van der Waals surface area contributed by atoms with Gasteiger partial charge in [-0.05, 0) is 125 Å². The van der Waals surface area contributed by atoms with E-state index in [0.29, 0.717) is 17.8 Å². The first-order valence-electron chi connectivity index (χ1n) is 17.7. The number of carbonyl (C=O) groups is 2. The van der Waals surface area contributed by atoms with E-state index < -0.39 is 0 Å². The fourth-order valence-corrected chi connectivity index (χ4v) is 9.76. The van der Waals surface area contributed by atoms with Crippen LogP contribution in [0.5, 0.6) is 0 Å². The highest BCUT2D eigenvalue weighted by Crippen LogP contribution is 2.55. The molecule has 9 atom stereocenters. The first-order valence-corrected chi connectivity index (χ1v) is 17.7. The average molecular weight is 559 g/mol. The minimum Gasteiger partial charge on any atom is -0.459 e. The normalized spacial score (nSPS) is 39.6. The molecule has 5 saturated carbocycles. The predicted molar refractivity (Wildman–Crippen MR) is 163 cm³/mol. The maximum Gasteiger partial charge on any atom is 0.309 e. The molecular formula is C36H62O4. The molecule has 5 aliphatic rings. The van der Waals surface area contributed by atoms with Crippen molar-refractivity contribution in [1.82, 2.24) is 0 Å². The molecule has 230 valence electrons. The highest BCUT2D eigenvalue weighted by molar-refractivity contribution is 5.74. The lowest BCUT2D eigenvalue weighted by atomic mass is 9.81. The van der Waals surface area contributed by atoms with Crippen LogP contribution < -0.4 is 0 Å². The molecule has 9 unspecified atom stereocenters. The molecule has 0 aromatic carbocycles. The summed E-state index contributed by atoms with van der Waals surface area (Å²) in [4.78, 5) is 25.4. The summed E-state index contributed by atoms with van der Waals surface area (Å²) in [5.74, 6) is 4.72. The summed E-state index contributed by atoms with van der Waals surface area (Å²) >= 11 is 0. The van der Waals surface area contributed by atoms with Gasteiger partial charge in [0.05, 0.1) is 11.8 Å². The van der Waals surface area contributed by atoms with Crippen LogP contribution in [0.4, 0.5) is 0 Å². The van der Waals surface area contributed by atoms with Crippen molar-refractivity contribution < 1.29 is 19.1 Å². The molecule has 0 saturated heterocycles. The van der Waals surface area contributed by atoms with Crippen LogP contribution in [0.1, 0.15) is 157 Å². The van der Waals surface area contributed by atoms with E-state index in [1.807, 2.05) is 0 Å². The zero-order chi connectivity index (χ0) is 28.9. The van der Waals surface area contributed by atoms with Crippen molar-refractivity contribution in [2.24, 2.45) is 47.3 Å². The molecule has 5 rings (SSSR count). The van der Waals surface area contributed by atoms with Crippen molar-refractivity contribution >= 4 is 11.9 Å². The van der Waals surface area contributed by atoms with Crippen LogP contribution in [0.2, 0.25) is 0 Å². The molecule has 4 heteroatoms. The van der Waals surface area contributed by atoms with Crippen molar-refractivity contribution in [3.05, 3.63) is 0 Å². The first kappa shape index (κ1) is 31.9. The summed E-state index contributed by atoms with van der Waals surface area (Å²) in [5.41, 5.74) is -0.206. The van der Waals surface area contributed by atoms with Crippen molar-refractivity contribution in [3.8, 4) is 0 Å². The second-order valence-corrected chi connectivity index (χ2v) is 14.6. The van der Waals surface area contributed by atoms with Gasteiger partial charge in [0.2, 0.25) is 0 Å². The van der Waals surface area contributed by atoms with Gasteiger partial charge in [0.25, 0.3) is 0 Å². The molecule has 5 aliphatic carbocycles. The molecule has 40 heavy (non-hydrogen) atoms. The summed E-state index contributed by atoms with van der Waals surface area (Å²) in [6, 6.07) is 0. The third-order valence-electron chi connectivity index (χ3n) is 12.7. The Labute approximate surface area is 246 Å². The van der Waals surface area contributed by atoms with Gasteiger partial charge in [-0.25, -0.2) is 0 Å². The first-order chi connectivity index (χ1) is 19.3. The largest absolute Gasteiger partial charge is 0.459 e. The Morgan fingerprint density at radius 3 is 1.60 bits per heavy atom. The monoisotopic (exact) mass is 558 g/mol. The lowest BCUT2D eigenvalue weighted by Gasteiger charge is -2.37. The van der Waals surface area contributed by atoms with Gasteiger partial charge in [-0.15, -0.1) is 0 Å². The van der Waals surface area contributed by atoms with E-state index in [1.165, 1.54) is 57.8 Å². The molecular weight excluding hydrogens is 496 g/mol. The molecule has 5 fully saturated rings. The van der Waals surface area contributed by atoms with Crippen LogP contribution in [0.15, 0.2) is 0 Å². The number of fused-ring (bicyclic) bond motifs is 2. The molecule has 0 N–H and O–H groups in total. The van der Waals surface area contributed by atoms with Crippen molar-refractivity contribution in [2.45, 2.75) is 168 Å². The second-order valence-electron chi connectivity index (χ2n) is 14.6. The van der Waals surface area contributed by atoms with Gasteiger partial charge >= 0.3 is 11.9 Å². The SMILES string of the molecule is CCC1CC(CC)C(C(=O)OC2(CC)CC3CCC2C3)C1.CCC1CC(CC)C(C(=O)OC2(CC)CCCC2)C1. The van der Waals surface area contributed by atoms with Crippen LogP contribution in [0.3, 0.4) is 0 Å². The molecule has 0 amide bonds. The number of ether oxygens (including phenoxy) is 2. The van der Waals surface area contributed by atoms with Crippen LogP contribution in [0, 0.1) is 47.3 Å². The third kappa shape index (κ3) is 6.77. The Kier molecular flexibility index (Phi) is 11.1. The Balaban J connectivity index is 0.000000186. The van der Waals surface area contributed by atoms with Gasteiger partial charge < -0.3 is 9.47 Å². The van der Waals surface area contributed by atoms with Crippen molar-refractivity contribution in [2.75, 3.05) is 0 Å². The van der Waals surface area contributed by atoms with Gasteiger partial charge in [-0.3, -0.25) is 9.59 Å². The highest BCUT2D eigenvalue weighted by Gasteiger charge is 2.53. The number of rotatable bonds is 10. The maximum atomic E-state index is 12.9. The quantitative estimate of drug-likeness (QED) is 0.250. The van der Waals surface area contributed by atoms with Crippen LogP contribution in [0.25, 0.3) is 0 Å². The Bertz CT molecular complexity index is 831. The Morgan fingerprint density at radius 1 is 0.650 bits per heavy atom. The predicted octanol–water partition coefficient (Wildman–Crippen LogP) is 9.68. The van der Waals surface area contributed by atoms with Gasteiger partial charge in [0.1, 0.15) is 11.2 Å². The van der Waals surface area contributed by atoms with Gasteiger partial charge in [0, 0.05) is 0 Å². The second kappa shape index (κ2) is 13.9. The maximum absolute atomic E-state index is 12.9. The lowest BCUT2D eigenvalue weighted by Crippen LogP contribution is -2.42. The molecule has 4 nitrogen and oxygen atoms in total. The average Bonchev–Trinajstić information content (AvgIpc) is 3.81. The third-order valence-corrected chi connectivity index (χ3v) is 12.7. The van der Waals surface area contributed by atoms with Gasteiger partial charge in [0.15, 0.2) is 0 Å². The zero-order valence-corrected chi connectivity index (χ0v) is 27.0. The molecule has 0 aliphatic heterocycles. The molecule has 0 heterocycles. The fourth-order valence-electron chi connectivity index (χ4n) is 9.76. The minimum absolute atomic E-state index is 0.0947. The number of hydrogen-bond donors (Lipinski definition) is 0. The summed E-state index contributed by atoms with van der Waals surface area (Å²) in [7, 11) is 0. The molecule has 0 radical (unpaired) electrons. The van der Waals surface area contributed by atoms with E-state index in [1.54, 1.807) is 0 Å². The van der Waals surface area contributed by atoms with Crippen LogP contribution >= 0.6 is 0 Å². The minimum atomic E-state index is -0.111. The van der Waals surface area contributed by atoms with E-state index in [-0.39, 0.29) is 35.0 Å².